The number of benzene rings is 2. The molecule has 0 atom stereocenters. The Balaban J connectivity index is 2.18. The molecule has 2 rings (SSSR count). The van der Waals surface area contributed by atoms with Gasteiger partial charge >= 0.3 is 0 Å². The van der Waals surface area contributed by atoms with Gasteiger partial charge in [-0.2, -0.15) is 0 Å². The van der Waals surface area contributed by atoms with Crippen LogP contribution < -0.4 is 5.32 Å². The molecule has 0 aliphatic rings. The Labute approximate surface area is 98.3 Å². The van der Waals surface area contributed by atoms with Crippen LogP contribution in [0.3, 0.4) is 0 Å². The molecule has 0 bridgehead atoms. The minimum absolute atomic E-state index is 1.09. The number of aryl methyl sites for hydroxylation is 1. The van der Waals surface area contributed by atoms with Gasteiger partial charge < -0.3 is 5.32 Å². The van der Waals surface area contributed by atoms with E-state index in [0.717, 1.165) is 15.8 Å². The molecule has 1 N–H and O–H groups in total. The van der Waals surface area contributed by atoms with Crippen molar-refractivity contribution in [3.05, 3.63) is 58.6 Å². The van der Waals surface area contributed by atoms with Crippen molar-refractivity contribution < 1.29 is 0 Å². The molecule has 0 aromatic heterocycles. The summed E-state index contributed by atoms with van der Waals surface area (Å²) in [4.78, 5) is 0. The molecule has 0 saturated carbocycles. The Hall–Kier alpha value is -1.28. The highest BCUT2D eigenvalue weighted by molar-refractivity contribution is 9.10. The van der Waals surface area contributed by atoms with Gasteiger partial charge in [0.1, 0.15) is 0 Å². The van der Waals surface area contributed by atoms with E-state index < -0.39 is 0 Å². The molecule has 0 aliphatic carbocycles. The van der Waals surface area contributed by atoms with Crippen molar-refractivity contribution in [3.63, 3.8) is 0 Å². The summed E-state index contributed by atoms with van der Waals surface area (Å²) in [5.41, 5.74) is 3.48. The summed E-state index contributed by atoms with van der Waals surface area (Å²) >= 11 is 3.41. The molecule has 2 heteroatoms. The van der Waals surface area contributed by atoms with Crippen molar-refractivity contribution in [1.82, 2.24) is 0 Å². The van der Waals surface area contributed by atoms with Gasteiger partial charge in [-0.3, -0.25) is 0 Å². The van der Waals surface area contributed by atoms with Gasteiger partial charge in [0.15, 0.2) is 0 Å². The molecule has 0 heterocycles. The first kappa shape index (κ1) is 10.2. The van der Waals surface area contributed by atoms with E-state index in [2.05, 4.69) is 52.4 Å². The zero-order valence-electron chi connectivity index (χ0n) is 8.50. The Morgan fingerprint density at radius 3 is 2.33 bits per heavy atom. The zero-order chi connectivity index (χ0) is 10.7. The molecule has 0 fully saturated rings. The maximum atomic E-state index is 3.41. The van der Waals surface area contributed by atoms with Crippen LogP contribution >= 0.6 is 15.9 Å². The van der Waals surface area contributed by atoms with Crippen LogP contribution in [0.25, 0.3) is 0 Å². The lowest BCUT2D eigenvalue weighted by atomic mass is 10.2. The topological polar surface area (TPSA) is 12.0 Å². The van der Waals surface area contributed by atoms with E-state index in [1.165, 1.54) is 5.56 Å². The SMILES string of the molecule is Cc1cccc(Nc2ccc(Br)cc2)c1. The first-order valence-electron chi connectivity index (χ1n) is 4.83. The van der Waals surface area contributed by atoms with Crippen LogP contribution in [0.1, 0.15) is 5.56 Å². The van der Waals surface area contributed by atoms with Crippen LogP contribution in [0.2, 0.25) is 0 Å². The second-order valence-corrected chi connectivity index (χ2v) is 4.42. The fourth-order valence-electron chi connectivity index (χ4n) is 1.42. The van der Waals surface area contributed by atoms with E-state index in [9.17, 15) is 0 Å². The van der Waals surface area contributed by atoms with Gasteiger partial charge in [0.05, 0.1) is 0 Å². The summed E-state index contributed by atoms with van der Waals surface area (Å²) in [6.07, 6.45) is 0. The first-order valence-corrected chi connectivity index (χ1v) is 5.62. The van der Waals surface area contributed by atoms with E-state index in [0.29, 0.717) is 0 Å². The average Bonchev–Trinajstić information content (AvgIpc) is 2.22. The summed E-state index contributed by atoms with van der Waals surface area (Å²) in [5.74, 6) is 0. The normalized spacial score (nSPS) is 10.0. The fraction of sp³-hybridized carbons (Fsp3) is 0.0769. The van der Waals surface area contributed by atoms with Gasteiger partial charge in [-0.15, -0.1) is 0 Å². The van der Waals surface area contributed by atoms with Gasteiger partial charge in [0.2, 0.25) is 0 Å². The quantitative estimate of drug-likeness (QED) is 0.840. The van der Waals surface area contributed by atoms with E-state index in [4.69, 9.17) is 0 Å². The number of anilines is 2. The number of halogens is 1. The lowest BCUT2D eigenvalue weighted by Crippen LogP contribution is -1.89. The molecule has 2 aromatic carbocycles. The molecule has 1 nitrogen and oxygen atoms in total. The van der Waals surface area contributed by atoms with Crippen LogP contribution in [0.5, 0.6) is 0 Å². The number of hydrogen-bond acceptors (Lipinski definition) is 1. The molecule has 0 amide bonds. The van der Waals surface area contributed by atoms with Crippen molar-refractivity contribution in [2.24, 2.45) is 0 Å². The van der Waals surface area contributed by atoms with Crippen molar-refractivity contribution in [2.75, 3.05) is 5.32 Å². The lowest BCUT2D eigenvalue weighted by molar-refractivity contribution is 1.45. The fourth-order valence-corrected chi connectivity index (χ4v) is 1.69. The third-order valence-corrected chi connectivity index (χ3v) is 2.68. The summed E-state index contributed by atoms with van der Waals surface area (Å²) in [7, 11) is 0. The van der Waals surface area contributed by atoms with Gasteiger partial charge in [0, 0.05) is 15.8 Å². The third-order valence-electron chi connectivity index (χ3n) is 2.15. The number of rotatable bonds is 2. The Kier molecular flexibility index (Phi) is 3.07. The summed E-state index contributed by atoms with van der Waals surface area (Å²) in [6, 6.07) is 16.5. The van der Waals surface area contributed by atoms with E-state index in [1.807, 2.05) is 24.3 Å². The maximum Gasteiger partial charge on any atom is 0.0386 e. The number of nitrogens with one attached hydrogen (secondary N) is 1. The smallest absolute Gasteiger partial charge is 0.0386 e. The summed E-state index contributed by atoms with van der Waals surface area (Å²) in [6.45, 7) is 2.09. The van der Waals surface area contributed by atoms with E-state index in [1.54, 1.807) is 0 Å². The highest BCUT2D eigenvalue weighted by atomic mass is 79.9. The van der Waals surface area contributed by atoms with Gasteiger partial charge in [-0.25, -0.2) is 0 Å². The molecule has 76 valence electrons. The molecule has 0 unspecified atom stereocenters. The maximum absolute atomic E-state index is 3.41. The second kappa shape index (κ2) is 4.49. The van der Waals surface area contributed by atoms with Gasteiger partial charge in [-0.1, -0.05) is 28.1 Å². The standard InChI is InChI=1S/C13H12BrN/c1-10-3-2-4-13(9-10)15-12-7-5-11(14)6-8-12/h2-9,15H,1H3. The second-order valence-electron chi connectivity index (χ2n) is 3.50. The van der Waals surface area contributed by atoms with Crippen LogP contribution in [-0.4, -0.2) is 0 Å². The molecule has 0 saturated heterocycles. The van der Waals surface area contributed by atoms with Gasteiger partial charge in [0.25, 0.3) is 0 Å². The van der Waals surface area contributed by atoms with E-state index >= 15 is 0 Å². The van der Waals surface area contributed by atoms with E-state index in [-0.39, 0.29) is 0 Å². The summed E-state index contributed by atoms with van der Waals surface area (Å²) < 4.78 is 1.09. The largest absolute Gasteiger partial charge is 0.356 e. The Morgan fingerprint density at radius 1 is 0.933 bits per heavy atom. The molecule has 0 radical (unpaired) electrons. The molecule has 0 aliphatic heterocycles. The molecule has 2 aromatic rings. The van der Waals surface area contributed by atoms with Crippen LogP contribution in [0, 0.1) is 6.92 Å². The predicted octanol–water partition coefficient (Wildman–Crippen LogP) is 4.50. The zero-order valence-corrected chi connectivity index (χ0v) is 10.1. The summed E-state index contributed by atoms with van der Waals surface area (Å²) in [5, 5.41) is 3.35. The van der Waals surface area contributed by atoms with Gasteiger partial charge in [-0.05, 0) is 48.9 Å². The Morgan fingerprint density at radius 2 is 1.67 bits per heavy atom. The first-order chi connectivity index (χ1) is 7.24. The lowest BCUT2D eigenvalue weighted by Gasteiger charge is -2.06. The molecule has 0 spiro atoms. The number of hydrogen-bond donors (Lipinski definition) is 1. The van der Waals surface area contributed by atoms with Crippen molar-refractivity contribution in [3.8, 4) is 0 Å². The third kappa shape index (κ3) is 2.83. The van der Waals surface area contributed by atoms with Crippen LogP contribution in [0.15, 0.2) is 53.0 Å². The highest BCUT2D eigenvalue weighted by Crippen LogP contribution is 2.19. The molecular weight excluding hydrogens is 250 g/mol. The monoisotopic (exact) mass is 261 g/mol. The minimum atomic E-state index is 1.09. The Bertz CT molecular complexity index is 448. The molecular formula is C13H12BrN. The van der Waals surface area contributed by atoms with Crippen molar-refractivity contribution >= 4 is 27.3 Å². The molecule has 15 heavy (non-hydrogen) atoms. The van der Waals surface area contributed by atoms with Crippen LogP contribution in [0.4, 0.5) is 11.4 Å². The minimum Gasteiger partial charge on any atom is -0.356 e. The average molecular weight is 262 g/mol. The van der Waals surface area contributed by atoms with Crippen LogP contribution in [-0.2, 0) is 0 Å². The van der Waals surface area contributed by atoms with Crippen molar-refractivity contribution in [1.29, 1.82) is 0 Å². The van der Waals surface area contributed by atoms with Crippen molar-refractivity contribution in [2.45, 2.75) is 6.92 Å². The predicted molar refractivity (Wildman–Crippen MR) is 68.6 cm³/mol. The highest BCUT2D eigenvalue weighted by Gasteiger charge is 1.94.